The van der Waals surface area contributed by atoms with Crippen LogP contribution in [0.15, 0.2) is 42.5 Å². The van der Waals surface area contributed by atoms with Gasteiger partial charge in [-0.05, 0) is 68.5 Å². The van der Waals surface area contributed by atoms with Crippen LogP contribution in [-0.4, -0.2) is 39.6 Å². The zero-order valence-electron chi connectivity index (χ0n) is 20.0. The minimum absolute atomic E-state index is 0.176. The van der Waals surface area contributed by atoms with Crippen molar-refractivity contribution in [3.8, 4) is 5.75 Å². The van der Waals surface area contributed by atoms with Crippen molar-refractivity contribution in [2.45, 2.75) is 76.8 Å². The fraction of sp³-hybridized carbons (Fsp3) is 0.500. The molecule has 2 heterocycles. The van der Waals surface area contributed by atoms with Crippen molar-refractivity contribution in [3.63, 3.8) is 0 Å². The molecule has 1 saturated heterocycles. The third kappa shape index (κ3) is 4.95. The molecule has 0 spiro atoms. The maximum Gasteiger partial charge on any atom is 0.223 e. The first-order chi connectivity index (χ1) is 16.6. The fourth-order valence-electron chi connectivity index (χ4n) is 5.56. The minimum atomic E-state index is 0.176. The number of likely N-dealkylation sites (tertiary alicyclic amines) is 1. The number of imidazole rings is 1. The van der Waals surface area contributed by atoms with Gasteiger partial charge < -0.3 is 14.2 Å². The summed E-state index contributed by atoms with van der Waals surface area (Å²) in [6, 6.07) is 14.6. The number of hydrogen-bond acceptors (Lipinski definition) is 3. The van der Waals surface area contributed by atoms with Gasteiger partial charge in [0.2, 0.25) is 5.91 Å². The van der Waals surface area contributed by atoms with E-state index in [1.807, 2.05) is 31.2 Å². The molecule has 5 nitrogen and oxygen atoms in total. The van der Waals surface area contributed by atoms with E-state index < -0.39 is 0 Å². The lowest BCUT2D eigenvalue weighted by molar-refractivity contribution is -0.130. The van der Waals surface area contributed by atoms with Gasteiger partial charge in [0.1, 0.15) is 11.6 Å². The highest BCUT2D eigenvalue weighted by atomic mass is 35.5. The molecule has 0 radical (unpaired) electrons. The number of ether oxygens (including phenoxy) is 1. The Morgan fingerprint density at radius 1 is 1.09 bits per heavy atom. The van der Waals surface area contributed by atoms with Crippen LogP contribution in [0.3, 0.4) is 0 Å². The Hall–Kier alpha value is -2.53. The van der Waals surface area contributed by atoms with Gasteiger partial charge >= 0.3 is 0 Å². The number of fused-ring (bicyclic) bond motifs is 1. The smallest absolute Gasteiger partial charge is 0.223 e. The molecule has 1 aliphatic carbocycles. The van der Waals surface area contributed by atoms with Crippen molar-refractivity contribution < 1.29 is 9.53 Å². The number of halogens is 1. The van der Waals surface area contributed by atoms with Crippen molar-refractivity contribution in [3.05, 3.63) is 58.9 Å². The molecule has 2 aromatic carbocycles. The number of carbonyl (C=O) groups is 1. The highest BCUT2D eigenvalue weighted by Crippen LogP contribution is 2.34. The fourth-order valence-corrected chi connectivity index (χ4v) is 5.68. The molecule has 5 rings (SSSR count). The lowest BCUT2D eigenvalue weighted by Gasteiger charge is -2.31. The van der Waals surface area contributed by atoms with Gasteiger partial charge in [-0.1, -0.05) is 43.0 Å². The van der Waals surface area contributed by atoms with E-state index in [1.165, 1.54) is 19.3 Å². The van der Waals surface area contributed by atoms with Gasteiger partial charge in [-0.3, -0.25) is 4.79 Å². The molecule has 1 unspecified atom stereocenters. The lowest BCUT2D eigenvalue weighted by Crippen LogP contribution is -2.37. The van der Waals surface area contributed by atoms with Gasteiger partial charge in [0.25, 0.3) is 0 Å². The summed E-state index contributed by atoms with van der Waals surface area (Å²) in [5.41, 5.74) is 3.21. The predicted molar refractivity (Wildman–Crippen MR) is 137 cm³/mol. The zero-order chi connectivity index (χ0) is 23.5. The first kappa shape index (κ1) is 23.2. The van der Waals surface area contributed by atoms with Crippen molar-refractivity contribution in [2.24, 2.45) is 0 Å². The van der Waals surface area contributed by atoms with Crippen LogP contribution in [0.5, 0.6) is 5.75 Å². The van der Waals surface area contributed by atoms with E-state index in [-0.39, 0.29) is 5.92 Å². The van der Waals surface area contributed by atoms with Gasteiger partial charge in [-0.25, -0.2) is 4.98 Å². The number of carbonyl (C=O) groups excluding carboxylic acids is 1. The van der Waals surface area contributed by atoms with Crippen LogP contribution in [0, 0.1) is 6.92 Å². The molecule has 2 fully saturated rings. The number of nitrogens with zero attached hydrogens (tertiary/aromatic N) is 3. The van der Waals surface area contributed by atoms with E-state index >= 15 is 0 Å². The van der Waals surface area contributed by atoms with Gasteiger partial charge in [0, 0.05) is 36.5 Å². The van der Waals surface area contributed by atoms with Crippen LogP contribution in [0.2, 0.25) is 5.02 Å². The topological polar surface area (TPSA) is 47.4 Å². The van der Waals surface area contributed by atoms with Gasteiger partial charge in [0.15, 0.2) is 0 Å². The van der Waals surface area contributed by atoms with Gasteiger partial charge in [0.05, 0.1) is 17.6 Å². The van der Waals surface area contributed by atoms with Crippen LogP contribution in [0.4, 0.5) is 0 Å². The number of aryl methyl sites for hydroxylation is 2. The van der Waals surface area contributed by atoms with Crippen LogP contribution < -0.4 is 4.74 Å². The van der Waals surface area contributed by atoms with Gasteiger partial charge in [-0.15, -0.1) is 0 Å². The highest BCUT2D eigenvalue weighted by Gasteiger charge is 2.37. The quantitative estimate of drug-likeness (QED) is 0.346. The third-order valence-corrected chi connectivity index (χ3v) is 7.82. The molecule has 3 aromatic rings. The average Bonchev–Trinajstić information content (AvgIpc) is 3.42. The number of amides is 1. The number of unbranched alkanes of at least 4 members (excludes halogenated alkanes) is 1. The average molecular weight is 480 g/mol. The summed E-state index contributed by atoms with van der Waals surface area (Å²) in [5, 5.41) is 0.763. The molecule has 0 bridgehead atoms. The van der Waals surface area contributed by atoms with E-state index in [1.54, 1.807) is 0 Å². The first-order valence-corrected chi connectivity index (χ1v) is 13.1. The summed E-state index contributed by atoms with van der Waals surface area (Å²) in [4.78, 5) is 20.1. The molecule has 0 N–H and O–H groups in total. The van der Waals surface area contributed by atoms with Crippen molar-refractivity contribution in [2.75, 3.05) is 13.2 Å². The zero-order valence-corrected chi connectivity index (χ0v) is 20.8. The van der Waals surface area contributed by atoms with Crippen LogP contribution in [0.1, 0.15) is 68.7 Å². The lowest BCUT2D eigenvalue weighted by atomic mass is 9.94. The molecule has 1 aromatic heterocycles. The van der Waals surface area contributed by atoms with Crippen molar-refractivity contribution >= 4 is 28.5 Å². The largest absolute Gasteiger partial charge is 0.494 e. The van der Waals surface area contributed by atoms with E-state index in [0.717, 1.165) is 72.0 Å². The molecule has 1 atom stereocenters. The SMILES string of the molecule is Cc1cc(OCCCCn2c(C3CC(=O)N(C4CCCCC4)C3)nc3ccccc32)ccc1Cl. The third-order valence-electron chi connectivity index (χ3n) is 7.40. The Balaban J connectivity index is 1.25. The Morgan fingerprint density at radius 3 is 2.74 bits per heavy atom. The van der Waals surface area contributed by atoms with Crippen molar-refractivity contribution in [1.82, 2.24) is 14.5 Å². The maximum atomic E-state index is 12.9. The summed E-state index contributed by atoms with van der Waals surface area (Å²) in [6.45, 7) is 4.35. The normalized spacial score (nSPS) is 19.3. The van der Waals surface area contributed by atoms with Gasteiger partial charge in [-0.2, -0.15) is 0 Å². The second-order valence-electron chi connectivity index (χ2n) is 9.82. The molecule has 1 aliphatic heterocycles. The molecule has 34 heavy (non-hydrogen) atoms. The molecular weight excluding hydrogens is 446 g/mol. The van der Waals surface area contributed by atoms with Crippen LogP contribution >= 0.6 is 11.6 Å². The van der Waals surface area contributed by atoms with E-state index in [2.05, 4.69) is 27.7 Å². The van der Waals surface area contributed by atoms with Crippen LogP contribution in [-0.2, 0) is 11.3 Å². The molecule has 180 valence electrons. The number of rotatable bonds is 8. The van der Waals surface area contributed by atoms with E-state index in [9.17, 15) is 4.79 Å². The summed E-state index contributed by atoms with van der Waals surface area (Å²) < 4.78 is 8.29. The Morgan fingerprint density at radius 2 is 1.91 bits per heavy atom. The second-order valence-corrected chi connectivity index (χ2v) is 10.2. The molecule has 2 aliphatic rings. The number of para-hydroxylation sites is 2. The standard InChI is InChI=1S/C28H34ClN3O2/c1-20-17-23(13-14-24(20)29)34-16-8-7-15-31-26-12-6-5-11-25(26)30-28(31)21-18-27(33)32(19-21)22-9-3-2-4-10-22/h5-6,11-14,17,21-22H,2-4,7-10,15-16,18-19H2,1H3. The molecule has 6 heteroatoms. The van der Waals surface area contributed by atoms with Crippen molar-refractivity contribution in [1.29, 1.82) is 0 Å². The summed E-state index contributed by atoms with van der Waals surface area (Å²) >= 11 is 6.11. The Labute approximate surface area is 207 Å². The number of aromatic nitrogens is 2. The summed E-state index contributed by atoms with van der Waals surface area (Å²) in [5.74, 6) is 2.42. The number of hydrogen-bond donors (Lipinski definition) is 0. The first-order valence-electron chi connectivity index (χ1n) is 12.7. The Bertz CT molecular complexity index is 1150. The minimum Gasteiger partial charge on any atom is -0.494 e. The Kier molecular flexibility index (Phi) is 7.10. The predicted octanol–water partition coefficient (Wildman–Crippen LogP) is 6.51. The van der Waals surface area contributed by atoms with Crippen LogP contribution in [0.25, 0.3) is 11.0 Å². The molecule has 1 amide bonds. The maximum absolute atomic E-state index is 12.9. The second kappa shape index (κ2) is 10.4. The van der Waals surface area contributed by atoms with E-state index in [0.29, 0.717) is 25.0 Å². The molecular formula is C28H34ClN3O2. The number of benzene rings is 2. The summed E-state index contributed by atoms with van der Waals surface area (Å²) in [6.07, 6.45) is 8.63. The monoisotopic (exact) mass is 479 g/mol. The highest BCUT2D eigenvalue weighted by molar-refractivity contribution is 6.31. The molecule has 1 saturated carbocycles. The van der Waals surface area contributed by atoms with E-state index in [4.69, 9.17) is 21.3 Å². The summed E-state index contributed by atoms with van der Waals surface area (Å²) in [7, 11) is 0.